The van der Waals surface area contributed by atoms with Gasteiger partial charge in [0, 0.05) is 22.8 Å². The molecule has 0 saturated heterocycles. The zero-order chi connectivity index (χ0) is 18.8. The number of esters is 1. The van der Waals surface area contributed by atoms with Crippen LogP contribution in [-0.4, -0.2) is 29.4 Å². The summed E-state index contributed by atoms with van der Waals surface area (Å²) in [6.45, 7) is 1.40. The second kappa shape index (κ2) is 7.13. The summed E-state index contributed by atoms with van der Waals surface area (Å²) in [7, 11) is 0. The van der Waals surface area contributed by atoms with E-state index in [-0.39, 0.29) is 22.5 Å². The van der Waals surface area contributed by atoms with Crippen molar-refractivity contribution in [1.82, 2.24) is 0 Å². The lowest BCUT2D eigenvalue weighted by Gasteiger charge is -2.22. The lowest BCUT2D eigenvalue weighted by Crippen LogP contribution is -2.38. The molecule has 1 aliphatic heterocycles. The Bertz CT molecular complexity index is 899. The van der Waals surface area contributed by atoms with Crippen molar-refractivity contribution in [2.75, 3.05) is 11.5 Å². The van der Waals surface area contributed by atoms with Crippen LogP contribution in [0.5, 0.6) is 0 Å². The summed E-state index contributed by atoms with van der Waals surface area (Å²) in [5.74, 6) is -1.32. The summed E-state index contributed by atoms with van der Waals surface area (Å²) in [4.78, 5) is 36.6. The zero-order valence-corrected chi connectivity index (χ0v) is 14.6. The number of halogens is 1. The van der Waals surface area contributed by atoms with E-state index >= 15 is 0 Å². The molecule has 0 saturated carbocycles. The Morgan fingerprint density at radius 3 is 2.77 bits per heavy atom. The Balaban J connectivity index is 1.73. The molecule has 1 amide bonds. The number of amides is 1. The minimum Gasteiger partial charge on any atom is -0.452 e. The van der Waals surface area contributed by atoms with Gasteiger partial charge in [0.05, 0.1) is 4.92 Å². The van der Waals surface area contributed by atoms with Crippen LogP contribution in [0.25, 0.3) is 0 Å². The fourth-order valence-electron chi connectivity index (χ4n) is 3.05. The van der Waals surface area contributed by atoms with Crippen LogP contribution < -0.4 is 4.90 Å². The molecule has 0 aromatic heterocycles. The lowest BCUT2D eigenvalue weighted by atomic mass is 10.1. The quantitative estimate of drug-likeness (QED) is 0.465. The number of hydrogen-bond acceptors (Lipinski definition) is 5. The van der Waals surface area contributed by atoms with E-state index < -0.39 is 23.2 Å². The van der Waals surface area contributed by atoms with E-state index in [0.717, 1.165) is 23.7 Å². The molecule has 3 rings (SSSR count). The number of para-hydroxylation sites is 1. The fourth-order valence-corrected chi connectivity index (χ4v) is 3.21. The van der Waals surface area contributed by atoms with Gasteiger partial charge in [0.25, 0.3) is 11.6 Å². The highest BCUT2D eigenvalue weighted by atomic mass is 35.5. The molecule has 1 aliphatic rings. The van der Waals surface area contributed by atoms with Gasteiger partial charge in [-0.05, 0) is 37.1 Å². The normalized spacial score (nSPS) is 15.5. The number of fused-ring (bicyclic) bond motifs is 1. The number of nitrogens with zero attached hydrogens (tertiary/aromatic N) is 2. The second-order valence-electron chi connectivity index (χ2n) is 5.94. The van der Waals surface area contributed by atoms with E-state index in [9.17, 15) is 19.7 Å². The highest BCUT2D eigenvalue weighted by molar-refractivity contribution is 6.31. The first-order valence-electron chi connectivity index (χ1n) is 7.89. The third-order valence-electron chi connectivity index (χ3n) is 4.18. The van der Waals surface area contributed by atoms with Gasteiger partial charge < -0.3 is 9.64 Å². The van der Waals surface area contributed by atoms with E-state index in [1.54, 1.807) is 4.90 Å². The molecule has 8 heteroatoms. The smallest absolute Gasteiger partial charge is 0.345 e. The van der Waals surface area contributed by atoms with E-state index in [1.807, 2.05) is 31.2 Å². The molecule has 2 aromatic carbocycles. The number of nitro groups is 1. The van der Waals surface area contributed by atoms with Crippen LogP contribution in [0.3, 0.4) is 0 Å². The van der Waals surface area contributed by atoms with Crippen LogP contribution >= 0.6 is 11.6 Å². The van der Waals surface area contributed by atoms with Crippen molar-refractivity contribution in [3.63, 3.8) is 0 Å². The molecule has 0 radical (unpaired) electrons. The molecular formula is C18H15ClN2O5. The van der Waals surface area contributed by atoms with Crippen LogP contribution in [0, 0.1) is 10.1 Å². The number of anilines is 1. The van der Waals surface area contributed by atoms with Gasteiger partial charge in [0.1, 0.15) is 5.56 Å². The van der Waals surface area contributed by atoms with Crippen LogP contribution in [0.15, 0.2) is 42.5 Å². The molecule has 0 fully saturated rings. The molecule has 1 atom stereocenters. The third-order valence-corrected chi connectivity index (χ3v) is 4.41. The van der Waals surface area contributed by atoms with Gasteiger partial charge in [-0.25, -0.2) is 4.79 Å². The van der Waals surface area contributed by atoms with E-state index in [1.165, 1.54) is 12.1 Å². The van der Waals surface area contributed by atoms with Gasteiger partial charge in [-0.2, -0.15) is 0 Å². The van der Waals surface area contributed by atoms with Crippen molar-refractivity contribution >= 4 is 34.9 Å². The highest BCUT2D eigenvalue weighted by Crippen LogP contribution is 2.32. The largest absolute Gasteiger partial charge is 0.452 e. The number of rotatable bonds is 4. The Kier molecular flexibility index (Phi) is 4.90. The highest BCUT2D eigenvalue weighted by Gasteiger charge is 2.31. The molecule has 7 nitrogen and oxygen atoms in total. The summed E-state index contributed by atoms with van der Waals surface area (Å²) in [5.41, 5.74) is 1.13. The first kappa shape index (κ1) is 17.9. The average Bonchev–Trinajstić information content (AvgIpc) is 2.95. The Labute approximate surface area is 154 Å². The molecular weight excluding hydrogens is 360 g/mol. The molecule has 26 heavy (non-hydrogen) atoms. The summed E-state index contributed by atoms with van der Waals surface area (Å²) < 4.78 is 5.02. The topological polar surface area (TPSA) is 89.8 Å². The maximum atomic E-state index is 12.5. The Morgan fingerprint density at radius 2 is 2.04 bits per heavy atom. The molecule has 1 heterocycles. The number of benzene rings is 2. The van der Waals surface area contributed by atoms with E-state index in [0.29, 0.717) is 0 Å². The number of carbonyl (C=O) groups excluding carboxylic acids is 2. The van der Waals surface area contributed by atoms with Crippen LogP contribution in [-0.2, 0) is 16.0 Å². The molecule has 0 spiro atoms. The van der Waals surface area contributed by atoms with Crippen LogP contribution in [0.1, 0.15) is 22.8 Å². The Morgan fingerprint density at radius 1 is 1.31 bits per heavy atom. The Hall–Kier alpha value is -2.93. The maximum Gasteiger partial charge on any atom is 0.345 e. The SMILES string of the molecule is CC1Cc2ccccc2N1C(=O)COC(=O)c1ccc(Cl)cc1[N+](=O)[O-]. The monoisotopic (exact) mass is 374 g/mol. The molecule has 0 bridgehead atoms. The van der Waals surface area contributed by atoms with Crippen molar-refractivity contribution in [3.05, 3.63) is 68.7 Å². The standard InChI is InChI=1S/C18H15ClN2O5/c1-11-8-12-4-2-3-5-15(12)20(11)17(22)10-26-18(23)14-7-6-13(19)9-16(14)21(24)25/h2-7,9,11H,8,10H2,1H3. The number of nitro benzene ring substituents is 1. The van der Waals surface area contributed by atoms with Gasteiger partial charge >= 0.3 is 5.97 Å². The predicted molar refractivity (Wildman–Crippen MR) is 95.5 cm³/mol. The number of carbonyl (C=O) groups is 2. The van der Waals surface area contributed by atoms with E-state index in [2.05, 4.69) is 0 Å². The minimum atomic E-state index is -0.943. The lowest BCUT2D eigenvalue weighted by molar-refractivity contribution is -0.385. The molecule has 134 valence electrons. The maximum absolute atomic E-state index is 12.5. The molecule has 2 aromatic rings. The molecule has 0 aliphatic carbocycles. The van der Waals surface area contributed by atoms with Crippen molar-refractivity contribution in [3.8, 4) is 0 Å². The summed E-state index contributed by atoms with van der Waals surface area (Å²) in [5, 5.41) is 11.2. The van der Waals surface area contributed by atoms with Gasteiger partial charge in [-0.15, -0.1) is 0 Å². The molecule has 0 N–H and O–H groups in total. The first-order chi connectivity index (χ1) is 12.4. The van der Waals surface area contributed by atoms with Crippen LogP contribution in [0.4, 0.5) is 11.4 Å². The van der Waals surface area contributed by atoms with Crippen LogP contribution in [0.2, 0.25) is 5.02 Å². The third kappa shape index (κ3) is 3.39. The van der Waals surface area contributed by atoms with Crippen molar-refractivity contribution < 1.29 is 19.2 Å². The van der Waals surface area contributed by atoms with Crippen molar-refractivity contribution in [2.24, 2.45) is 0 Å². The predicted octanol–water partition coefficient (Wildman–Crippen LogP) is 3.38. The average molecular weight is 375 g/mol. The summed E-state index contributed by atoms with van der Waals surface area (Å²) in [6, 6.07) is 11.1. The molecule has 1 unspecified atom stereocenters. The zero-order valence-electron chi connectivity index (χ0n) is 13.8. The van der Waals surface area contributed by atoms with Crippen molar-refractivity contribution in [2.45, 2.75) is 19.4 Å². The van der Waals surface area contributed by atoms with Gasteiger partial charge in [0.2, 0.25) is 0 Å². The minimum absolute atomic E-state index is 0.0523. The van der Waals surface area contributed by atoms with Gasteiger partial charge in [0.15, 0.2) is 6.61 Å². The van der Waals surface area contributed by atoms with Crippen molar-refractivity contribution in [1.29, 1.82) is 0 Å². The van der Waals surface area contributed by atoms with Gasteiger partial charge in [-0.3, -0.25) is 14.9 Å². The second-order valence-corrected chi connectivity index (χ2v) is 6.38. The number of hydrogen-bond donors (Lipinski definition) is 0. The van der Waals surface area contributed by atoms with E-state index in [4.69, 9.17) is 16.3 Å². The first-order valence-corrected chi connectivity index (χ1v) is 8.27. The fraction of sp³-hybridized carbons (Fsp3) is 0.222. The van der Waals surface area contributed by atoms with Gasteiger partial charge in [-0.1, -0.05) is 29.8 Å². The summed E-state index contributed by atoms with van der Waals surface area (Å²) in [6.07, 6.45) is 0.721. The summed E-state index contributed by atoms with van der Waals surface area (Å²) >= 11 is 5.73. The number of ether oxygens (including phenoxy) is 1.